The van der Waals surface area contributed by atoms with Crippen LogP contribution < -0.4 is 10.5 Å². The highest BCUT2D eigenvalue weighted by atomic mass is 16.1. The molecule has 1 fully saturated rings. The molecule has 0 radical (unpaired) electrons. The topological polar surface area (TPSA) is 79.7 Å². The summed E-state index contributed by atoms with van der Waals surface area (Å²) in [7, 11) is 0. The first-order valence-corrected chi connectivity index (χ1v) is 12.3. The van der Waals surface area contributed by atoms with Crippen molar-refractivity contribution in [2.24, 2.45) is 0 Å². The number of benzene rings is 2. The highest BCUT2D eigenvalue weighted by Crippen LogP contribution is 2.42. The third-order valence-electron chi connectivity index (χ3n) is 7.75. The number of nitrogens with zero attached hydrogens (tertiary/aromatic N) is 5. The minimum atomic E-state index is -0.371. The third kappa shape index (κ3) is 3.33. The molecule has 1 N–H and O–H groups in total. The number of pyridine rings is 1. The molecule has 6 rings (SSSR count). The van der Waals surface area contributed by atoms with E-state index in [1.54, 1.807) is 0 Å². The summed E-state index contributed by atoms with van der Waals surface area (Å²) in [4.78, 5) is 19.1. The normalized spacial score (nSPS) is 19.1. The molecule has 4 aromatic rings. The number of fused-ring (bicyclic) bond motifs is 2. The Morgan fingerprint density at radius 2 is 1.82 bits per heavy atom. The van der Waals surface area contributed by atoms with Crippen LogP contribution in [0.5, 0.6) is 0 Å². The number of aromatic nitrogens is 5. The first kappa shape index (κ1) is 21.1. The average Bonchev–Trinajstić information content (AvgIpc) is 3.56. The zero-order valence-electron chi connectivity index (χ0n) is 20.0. The molecule has 2 aromatic carbocycles. The largest absolute Gasteiger partial charge is 0.354 e. The van der Waals surface area contributed by atoms with E-state index >= 15 is 0 Å². The first-order chi connectivity index (χ1) is 16.5. The second kappa shape index (κ2) is 8.08. The van der Waals surface area contributed by atoms with Crippen LogP contribution in [0.25, 0.3) is 10.9 Å². The summed E-state index contributed by atoms with van der Waals surface area (Å²) in [5.74, 6) is 0.754. The molecule has 0 unspecified atom stereocenters. The number of anilines is 1. The summed E-state index contributed by atoms with van der Waals surface area (Å²) in [6.45, 7) is 6.40. The molecular weight excluding hydrogens is 424 g/mol. The van der Waals surface area contributed by atoms with Crippen LogP contribution in [0.4, 0.5) is 5.69 Å². The molecule has 7 heteroatoms. The molecule has 7 nitrogen and oxygen atoms in total. The van der Waals surface area contributed by atoms with Gasteiger partial charge in [0.15, 0.2) is 5.82 Å². The number of aromatic amines is 1. The molecule has 2 aromatic heterocycles. The lowest BCUT2D eigenvalue weighted by Crippen LogP contribution is -2.39. The third-order valence-corrected chi connectivity index (χ3v) is 7.75. The molecule has 0 amide bonds. The van der Waals surface area contributed by atoms with Gasteiger partial charge in [0.25, 0.3) is 5.56 Å². The number of hydrogen-bond acceptors (Lipinski definition) is 5. The second-order valence-corrected chi connectivity index (χ2v) is 9.99. The Kier molecular flexibility index (Phi) is 5.01. The van der Waals surface area contributed by atoms with Crippen molar-refractivity contribution in [3.8, 4) is 0 Å². The number of aryl methyl sites for hydroxylation is 2. The quantitative estimate of drug-likeness (QED) is 0.480. The number of para-hydroxylation sites is 1. The molecule has 2 atom stereocenters. The van der Waals surface area contributed by atoms with Crippen molar-refractivity contribution < 1.29 is 0 Å². The van der Waals surface area contributed by atoms with Crippen LogP contribution in [0.2, 0.25) is 0 Å². The van der Waals surface area contributed by atoms with Gasteiger partial charge in [-0.15, -0.1) is 5.10 Å². The SMILES string of the molecule is Cc1cc2cc([C@H](c3nnnn3C3CCCC3)N3c4ccccc4C[C@H]3C)c(=O)[nH]c2cc1C. The van der Waals surface area contributed by atoms with Gasteiger partial charge in [0.2, 0.25) is 0 Å². The summed E-state index contributed by atoms with van der Waals surface area (Å²) in [6, 6.07) is 14.9. The standard InChI is InChI=1S/C27H30N6O/c1-16-12-20-15-22(27(34)28-23(20)13-17(16)2)25(26-29-30-31-33(26)21-9-5-6-10-21)32-18(3)14-19-8-4-7-11-24(19)32/h4,7-8,11-13,15,18,21,25H,5-6,9-10,14H2,1-3H3,(H,28,34)/t18-,25-/m1/s1. The summed E-state index contributed by atoms with van der Waals surface area (Å²) < 4.78 is 2.00. The van der Waals surface area contributed by atoms with Gasteiger partial charge in [-0.1, -0.05) is 31.0 Å². The van der Waals surface area contributed by atoms with Crippen molar-refractivity contribution in [1.29, 1.82) is 0 Å². The van der Waals surface area contributed by atoms with Crippen molar-refractivity contribution in [3.63, 3.8) is 0 Å². The van der Waals surface area contributed by atoms with Gasteiger partial charge in [0, 0.05) is 22.8 Å². The molecule has 34 heavy (non-hydrogen) atoms. The van der Waals surface area contributed by atoms with E-state index in [4.69, 9.17) is 0 Å². The fraction of sp³-hybridized carbons (Fsp3) is 0.407. The maximum Gasteiger partial charge on any atom is 0.254 e. The van der Waals surface area contributed by atoms with E-state index in [1.807, 2.05) is 10.7 Å². The Labute approximate surface area is 198 Å². The Morgan fingerprint density at radius 3 is 2.65 bits per heavy atom. The number of tetrazole rings is 1. The zero-order chi connectivity index (χ0) is 23.4. The Balaban J connectivity index is 1.59. The monoisotopic (exact) mass is 454 g/mol. The van der Waals surface area contributed by atoms with Gasteiger partial charge in [-0.2, -0.15) is 0 Å². The Hall–Kier alpha value is -3.48. The maximum absolute atomic E-state index is 13.6. The highest BCUT2D eigenvalue weighted by molar-refractivity contribution is 5.81. The Morgan fingerprint density at radius 1 is 1.06 bits per heavy atom. The van der Waals surface area contributed by atoms with Crippen LogP contribution in [0, 0.1) is 13.8 Å². The lowest BCUT2D eigenvalue weighted by atomic mass is 10.00. The van der Waals surface area contributed by atoms with Gasteiger partial charge < -0.3 is 9.88 Å². The molecule has 0 spiro atoms. The van der Waals surface area contributed by atoms with Crippen LogP contribution >= 0.6 is 0 Å². The lowest BCUT2D eigenvalue weighted by Gasteiger charge is -2.34. The van der Waals surface area contributed by atoms with E-state index < -0.39 is 0 Å². The summed E-state index contributed by atoms with van der Waals surface area (Å²) in [5.41, 5.74) is 6.29. The van der Waals surface area contributed by atoms with Gasteiger partial charge in [0.05, 0.1) is 6.04 Å². The van der Waals surface area contributed by atoms with Gasteiger partial charge in [-0.3, -0.25) is 4.79 Å². The van der Waals surface area contributed by atoms with Crippen LogP contribution in [0.3, 0.4) is 0 Å². The van der Waals surface area contributed by atoms with E-state index in [9.17, 15) is 4.79 Å². The van der Waals surface area contributed by atoms with Crippen molar-refractivity contribution in [2.75, 3.05) is 4.90 Å². The maximum atomic E-state index is 13.6. The molecule has 1 saturated carbocycles. The van der Waals surface area contributed by atoms with Gasteiger partial charge >= 0.3 is 0 Å². The van der Waals surface area contributed by atoms with Crippen LogP contribution in [0.1, 0.15) is 72.8 Å². The van der Waals surface area contributed by atoms with Crippen LogP contribution in [-0.2, 0) is 6.42 Å². The molecule has 1 aliphatic heterocycles. The molecular formula is C27H30N6O. The van der Waals surface area contributed by atoms with Crippen LogP contribution in [-0.4, -0.2) is 31.2 Å². The molecule has 3 heterocycles. The summed E-state index contributed by atoms with van der Waals surface area (Å²) >= 11 is 0. The molecule has 1 aliphatic carbocycles. The van der Waals surface area contributed by atoms with Crippen LogP contribution in [0.15, 0.2) is 47.3 Å². The molecule has 2 aliphatic rings. The Bertz CT molecular complexity index is 1430. The second-order valence-electron chi connectivity index (χ2n) is 9.99. The first-order valence-electron chi connectivity index (χ1n) is 12.3. The van der Waals surface area contributed by atoms with E-state index in [2.05, 4.69) is 82.6 Å². The fourth-order valence-electron chi connectivity index (χ4n) is 5.88. The van der Waals surface area contributed by atoms with Crippen molar-refractivity contribution in [1.82, 2.24) is 25.2 Å². The number of nitrogens with one attached hydrogen (secondary N) is 1. The van der Waals surface area contributed by atoms with E-state index in [1.165, 1.54) is 29.5 Å². The minimum absolute atomic E-state index is 0.0849. The zero-order valence-corrected chi connectivity index (χ0v) is 20.0. The number of H-pyrrole nitrogens is 1. The van der Waals surface area contributed by atoms with Crippen molar-refractivity contribution in [2.45, 2.75) is 71.0 Å². The van der Waals surface area contributed by atoms with E-state index in [0.717, 1.165) is 41.7 Å². The number of hydrogen-bond donors (Lipinski definition) is 1. The number of rotatable bonds is 4. The van der Waals surface area contributed by atoms with E-state index in [0.29, 0.717) is 5.56 Å². The molecule has 0 saturated heterocycles. The minimum Gasteiger partial charge on any atom is -0.354 e. The predicted molar refractivity (Wildman–Crippen MR) is 133 cm³/mol. The molecule has 174 valence electrons. The van der Waals surface area contributed by atoms with Crippen molar-refractivity contribution in [3.05, 3.63) is 80.9 Å². The predicted octanol–water partition coefficient (Wildman–Crippen LogP) is 4.79. The highest BCUT2D eigenvalue weighted by Gasteiger charge is 2.39. The summed E-state index contributed by atoms with van der Waals surface area (Å²) in [5, 5.41) is 14.1. The molecule has 0 bridgehead atoms. The van der Waals surface area contributed by atoms with Gasteiger partial charge in [-0.05, 0) is 96.8 Å². The van der Waals surface area contributed by atoms with Crippen molar-refractivity contribution >= 4 is 16.6 Å². The lowest BCUT2D eigenvalue weighted by molar-refractivity contribution is 0.423. The summed E-state index contributed by atoms with van der Waals surface area (Å²) in [6.07, 6.45) is 5.45. The fourth-order valence-corrected chi connectivity index (χ4v) is 5.88. The smallest absolute Gasteiger partial charge is 0.254 e. The van der Waals surface area contributed by atoms with Gasteiger partial charge in [0.1, 0.15) is 6.04 Å². The average molecular weight is 455 g/mol. The van der Waals surface area contributed by atoms with E-state index in [-0.39, 0.29) is 23.7 Å². The van der Waals surface area contributed by atoms with Gasteiger partial charge in [-0.25, -0.2) is 4.68 Å².